The fourth-order valence-electron chi connectivity index (χ4n) is 2.12. The molecule has 0 aliphatic heterocycles. The third-order valence-electron chi connectivity index (χ3n) is 3.33. The Labute approximate surface area is 103 Å². The van der Waals surface area contributed by atoms with Crippen LogP contribution in [0.25, 0.3) is 0 Å². The zero-order valence-corrected chi connectivity index (χ0v) is 11.2. The minimum Gasteiger partial charge on any atom is -0.377 e. The molecule has 1 heterocycles. The molecule has 0 radical (unpaired) electrons. The van der Waals surface area contributed by atoms with Crippen molar-refractivity contribution in [3.63, 3.8) is 0 Å². The van der Waals surface area contributed by atoms with E-state index in [1.807, 2.05) is 0 Å². The van der Waals surface area contributed by atoms with Crippen LogP contribution in [0.2, 0.25) is 0 Å². The number of nitrogens with two attached hydrogens (primary N) is 1. The Hall–Kier alpha value is 0.1000. The van der Waals surface area contributed by atoms with Gasteiger partial charge in [0, 0.05) is 27.9 Å². The van der Waals surface area contributed by atoms with Crippen LogP contribution >= 0.6 is 27.3 Å². The molecule has 2 nitrogen and oxygen atoms in total. The van der Waals surface area contributed by atoms with Crippen LogP contribution in [-0.4, -0.2) is 18.8 Å². The van der Waals surface area contributed by atoms with Gasteiger partial charge in [-0.3, -0.25) is 0 Å². The maximum Gasteiger partial charge on any atom is 0.0832 e. The summed E-state index contributed by atoms with van der Waals surface area (Å²) in [6, 6.07) is 2.27. The Morgan fingerprint density at radius 1 is 1.67 bits per heavy atom. The minimum atomic E-state index is -0.0452. The van der Waals surface area contributed by atoms with Crippen LogP contribution in [0.3, 0.4) is 0 Å². The maximum atomic E-state index is 6.23. The minimum absolute atomic E-state index is 0.0452. The van der Waals surface area contributed by atoms with Crippen molar-refractivity contribution in [2.75, 3.05) is 7.11 Å². The molecule has 2 rings (SSSR count). The fourth-order valence-corrected chi connectivity index (χ4v) is 3.63. The van der Waals surface area contributed by atoms with Gasteiger partial charge in [0.2, 0.25) is 0 Å². The smallest absolute Gasteiger partial charge is 0.0832 e. The summed E-state index contributed by atoms with van der Waals surface area (Å²) in [5, 5.41) is 2.10. The van der Waals surface area contributed by atoms with Crippen molar-refractivity contribution in [2.24, 2.45) is 5.73 Å². The van der Waals surface area contributed by atoms with Crippen LogP contribution in [0.15, 0.2) is 15.9 Å². The van der Waals surface area contributed by atoms with Gasteiger partial charge in [-0.15, -0.1) is 11.3 Å². The zero-order valence-electron chi connectivity index (χ0n) is 8.83. The molecule has 0 bridgehead atoms. The molecule has 0 aromatic carbocycles. The Morgan fingerprint density at radius 2 is 2.40 bits per heavy atom. The molecule has 1 fully saturated rings. The van der Waals surface area contributed by atoms with Crippen LogP contribution < -0.4 is 5.73 Å². The van der Waals surface area contributed by atoms with E-state index in [1.54, 1.807) is 18.4 Å². The third-order valence-corrected chi connectivity index (χ3v) is 5.04. The second-order valence-electron chi connectivity index (χ2n) is 4.16. The molecule has 1 saturated carbocycles. The quantitative estimate of drug-likeness (QED) is 0.925. The summed E-state index contributed by atoms with van der Waals surface area (Å²) in [5.74, 6) is 0. The standard InChI is InChI=1S/C11H16BrNOS/c1-14-11(3-2-4-11)10(13)6-9-5-8(12)7-15-9/h5,7,10H,2-4,6,13H2,1H3. The summed E-state index contributed by atoms with van der Waals surface area (Å²) < 4.78 is 6.73. The van der Waals surface area contributed by atoms with Crippen molar-refractivity contribution >= 4 is 27.3 Å². The van der Waals surface area contributed by atoms with E-state index in [9.17, 15) is 0 Å². The van der Waals surface area contributed by atoms with Gasteiger partial charge in [0.25, 0.3) is 0 Å². The molecular weight excluding hydrogens is 274 g/mol. The van der Waals surface area contributed by atoms with Crippen LogP contribution in [0, 0.1) is 0 Å². The summed E-state index contributed by atoms with van der Waals surface area (Å²) in [7, 11) is 1.78. The van der Waals surface area contributed by atoms with Gasteiger partial charge in [-0.2, -0.15) is 0 Å². The normalized spacial score (nSPS) is 21.0. The van der Waals surface area contributed by atoms with Crippen molar-refractivity contribution in [1.29, 1.82) is 0 Å². The van der Waals surface area contributed by atoms with Crippen LogP contribution in [0.5, 0.6) is 0 Å². The highest BCUT2D eigenvalue weighted by atomic mass is 79.9. The second-order valence-corrected chi connectivity index (χ2v) is 6.08. The number of methoxy groups -OCH3 is 1. The first kappa shape index (κ1) is 11.6. The second kappa shape index (κ2) is 4.53. The molecule has 1 aromatic rings. The summed E-state index contributed by atoms with van der Waals surface area (Å²) in [6.07, 6.45) is 4.38. The van der Waals surface area contributed by atoms with Crippen LogP contribution in [0.1, 0.15) is 24.1 Å². The SMILES string of the molecule is COC1(C(N)Cc2cc(Br)cs2)CCC1. The zero-order chi connectivity index (χ0) is 10.9. The Bertz CT molecular complexity index is 330. The first-order valence-electron chi connectivity index (χ1n) is 5.20. The van der Waals surface area contributed by atoms with Gasteiger partial charge in [0.05, 0.1) is 5.60 Å². The molecule has 0 amide bonds. The van der Waals surface area contributed by atoms with E-state index < -0.39 is 0 Å². The van der Waals surface area contributed by atoms with Crippen molar-refractivity contribution in [1.82, 2.24) is 0 Å². The number of hydrogen-bond donors (Lipinski definition) is 1. The van der Waals surface area contributed by atoms with Crippen molar-refractivity contribution in [3.05, 3.63) is 20.8 Å². The lowest BCUT2D eigenvalue weighted by Gasteiger charge is -2.45. The number of hydrogen-bond acceptors (Lipinski definition) is 3. The van der Waals surface area contributed by atoms with Gasteiger partial charge < -0.3 is 10.5 Å². The molecule has 1 aliphatic rings. The summed E-state index contributed by atoms with van der Waals surface area (Å²) in [4.78, 5) is 1.33. The van der Waals surface area contributed by atoms with Gasteiger partial charge in [-0.05, 0) is 47.7 Å². The average molecular weight is 290 g/mol. The molecule has 1 aromatic heterocycles. The summed E-state index contributed by atoms with van der Waals surface area (Å²) >= 11 is 5.22. The van der Waals surface area contributed by atoms with Crippen molar-refractivity contribution < 1.29 is 4.74 Å². The molecule has 1 unspecified atom stereocenters. The molecule has 1 aliphatic carbocycles. The lowest BCUT2D eigenvalue weighted by atomic mass is 9.73. The summed E-state index contributed by atoms with van der Waals surface area (Å²) in [6.45, 7) is 0. The van der Waals surface area contributed by atoms with Gasteiger partial charge in [0.15, 0.2) is 0 Å². The van der Waals surface area contributed by atoms with Crippen LogP contribution in [-0.2, 0) is 11.2 Å². The molecule has 0 saturated heterocycles. The summed E-state index contributed by atoms with van der Waals surface area (Å²) in [5.41, 5.74) is 6.19. The highest BCUT2D eigenvalue weighted by Crippen LogP contribution is 2.38. The number of ether oxygens (including phenoxy) is 1. The molecule has 15 heavy (non-hydrogen) atoms. The lowest BCUT2D eigenvalue weighted by Crippen LogP contribution is -2.55. The first-order valence-corrected chi connectivity index (χ1v) is 6.87. The van der Waals surface area contributed by atoms with E-state index in [2.05, 4.69) is 27.4 Å². The highest BCUT2D eigenvalue weighted by Gasteiger charge is 2.42. The van der Waals surface area contributed by atoms with E-state index in [4.69, 9.17) is 10.5 Å². The van der Waals surface area contributed by atoms with E-state index in [0.717, 1.165) is 23.7 Å². The Balaban J connectivity index is 1.99. The van der Waals surface area contributed by atoms with E-state index in [1.165, 1.54) is 11.3 Å². The molecule has 0 spiro atoms. The number of rotatable bonds is 4. The largest absolute Gasteiger partial charge is 0.377 e. The predicted octanol–water partition coefficient (Wildman–Crippen LogP) is 2.95. The Kier molecular flexibility index (Phi) is 3.50. The average Bonchev–Trinajstić information content (AvgIpc) is 2.50. The van der Waals surface area contributed by atoms with Gasteiger partial charge >= 0.3 is 0 Å². The van der Waals surface area contributed by atoms with E-state index >= 15 is 0 Å². The van der Waals surface area contributed by atoms with Gasteiger partial charge in [-0.1, -0.05) is 0 Å². The molecule has 4 heteroatoms. The highest BCUT2D eigenvalue weighted by molar-refractivity contribution is 9.10. The number of thiophene rings is 1. The fraction of sp³-hybridized carbons (Fsp3) is 0.636. The van der Waals surface area contributed by atoms with E-state index in [-0.39, 0.29) is 11.6 Å². The predicted molar refractivity (Wildman–Crippen MR) is 67.3 cm³/mol. The molecular formula is C11H16BrNOS. The maximum absolute atomic E-state index is 6.23. The monoisotopic (exact) mass is 289 g/mol. The molecule has 84 valence electrons. The topological polar surface area (TPSA) is 35.2 Å². The van der Waals surface area contributed by atoms with E-state index in [0.29, 0.717) is 0 Å². The molecule has 1 atom stereocenters. The first-order chi connectivity index (χ1) is 7.16. The Morgan fingerprint density at radius 3 is 2.80 bits per heavy atom. The van der Waals surface area contributed by atoms with Gasteiger partial charge in [-0.25, -0.2) is 0 Å². The third kappa shape index (κ3) is 2.28. The van der Waals surface area contributed by atoms with Gasteiger partial charge in [0.1, 0.15) is 0 Å². The van der Waals surface area contributed by atoms with Crippen molar-refractivity contribution in [2.45, 2.75) is 37.3 Å². The number of halogens is 1. The molecule has 2 N–H and O–H groups in total. The van der Waals surface area contributed by atoms with Crippen molar-refractivity contribution in [3.8, 4) is 0 Å². The lowest BCUT2D eigenvalue weighted by molar-refractivity contribution is -0.0895. The van der Waals surface area contributed by atoms with Crippen LogP contribution in [0.4, 0.5) is 0 Å².